The smallest absolute Gasteiger partial charge is 0.340 e. The highest BCUT2D eigenvalue weighted by Gasteiger charge is 2.23. The molecule has 1 aliphatic heterocycles. The van der Waals surface area contributed by atoms with Crippen LogP contribution in [0.25, 0.3) is 0 Å². The first-order valence-corrected chi connectivity index (χ1v) is 6.04. The molecule has 2 rings (SSSR count). The number of likely N-dealkylation sites (tertiary alicyclic amines) is 1. The van der Waals surface area contributed by atoms with E-state index in [9.17, 15) is 13.6 Å². The van der Waals surface area contributed by atoms with Gasteiger partial charge in [0.25, 0.3) is 0 Å². The maximum Gasteiger partial charge on any atom is 0.340 e. The predicted octanol–water partition coefficient (Wildman–Crippen LogP) is 1.87. The molecule has 1 saturated heterocycles. The Kier molecular flexibility index (Phi) is 3.99. The van der Waals surface area contributed by atoms with E-state index in [1.165, 1.54) is 12.1 Å². The van der Waals surface area contributed by atoms with Crippen LogP contribution in [0.5, 0.6) is 0 Å². The third-order valence-electron chi connectivity index (χ3n) is 3.24. The Bertz CT molecular complexity index is 494. The number of hydrogen-bond donors (Lipinski definition) is 1. The van der Waals surface area contributed by atoms with Crippen LogP contribution in [0.15, 0.2) is 12.1 Å². The Balaban J connectivity index is 2.19. The fourth-order valence-corrected chi connectivity index (χ4v) is 2.20. The number of esters is 1. The lowest BCUT2D eigenvalue weighted by Crippen LogP contribution is -2.24. The van der Waals surface area contributed by atoms with E-state index in [1.54, 1.807) is 0 Å². The number of carbonyl (C=O) groups excluding carboxylic acids is 1. The first-order valence-electron chi connectivity index (χ1n) is 6.04. The summed E-state index contributed by atoms with van der Waals surface area (Å²) in [7, 11) is 3.10. The van der Waals surface area contributed by atoms with Crippen LogP contribution in [-0.4, -0.2) is 44.2 Å². The maximum absolute atomic E-state index is 13.9. The number of halogens is 2. The maximum atomic E-state index is 13.9. The minimum absolute atomic E-state index is 0.0745. The quantitative estimate of drug-likeness (QED) is 0.851. The molecule has 4 nitrogen and oxygen atoms in total. The Morgan fingerprint density at radius 3 is 2.74 bits per heavy atom. The highest BCUT2D eigenvalue weighted by Crippen LogP contribution is 2.23. The van der Waals surface area contributed by atoms with Gasteiger partial charge in [-0.05, 0) is 32.1 Å². The van der Waals surface area contributed by atoms with E-state index in [0.717, 1.165) is 26.6 Å². The minimum atomic E-state index is -1.18. The fraction of sp³-hybridized carbons (Fsp3) is 0.462. The number of ether oxygens (including phenoxy) is 1. The largest absolute Gasteiger partial charge is 0.465 e. The predicted molar refractivity (Wildman–Crippen MR) is 67.2 cm³/mol. The van der Waals surface area contributed by atoms with Gasteiger partial charge >= 0.3 is 5.97 Å². The number of carbonyl (C=O) groups is 1. The molecule has 1 atom stereocenters. The fourth-order valence-electron chi connectivity index (χ4n) is 2.20. The lowest BCUT2D eigenvalue weighted by Gasteiger charge is -2.15. The van der Waals surface area contributed by atoms with Crippen LogP contribution in [0.4, 0.5) is 14.5 Å². The van der Waals surface area contributed by atoms with E-state index in [0.29, 0.717) is 0 Å². The summed E-state index contributed by atoms with van der Waals surface area (Å²) >= 11 is 0. The van der Waals surface area contributed by atoms with Gasteiger partial charge in [-0.1, -0.05) is 0 Å². The Morgan fingerprint density at radius 1 is 1.42 bits per heavy atom. The topological polar surface area (TPSA) is 41.6 Å². The number of likely N-dealkylation sites (N-methyl/N-ethyl adjacent to an activating group) is 1. The van der Waals surface area contributed by atoms with Gasteiger partial charge in [0.05, 0.1) is 18.4 Å². The van der Waals surface area contributed by atoms with Gasteiger partial charge in [-0.2, -0.15) is 0 Å². The zero-order valence-electron chi connectivity index (χ0n) is 10.9. The summed E-state index contributed by atoms with van der Waals surface area (Å²) in [5.41, 5.74) is -0.320. The summed E-state index contributed by atoms with van der Waals surface area (Å²) < 4.78 is 32.0. The molecule has 0 bridgehead atoms. The van der Waals surface area contributed by atoms with Crippen LogP contribution < -0.4 is 5.32 Å². The second kappa shape index (κ2) is 5.52. The van der Waals surface area contributed by atoms with Crippen molar-refractivity contribution >= 4 is 11.7 Å². The van der Waals surface area contributed by atoms with Gasteiger partial charge in [-0.15, -0.1) is 0 Å². The monoisotopic (exact) mass is 270 g/mol. The summed E-state index contributed by atoms with van der Waals surface area (Å²) in [5, 5.41) is 2.96. The number of benzene rings is 1. The SMILES string of the molecule is COC(=O)c1ccc(NC2CCN(C)C2)c(F)c1F. The molecule has 1 unspecified atom stereocenters. The average Bonchev–Trinajstić information content (AvgIpc) is 2.80. The van der Waals surface area contributed by atoms with Crippen molar-refractivity contribution in [3.63, 3.8) is 0 Å². The van der Waals surface area contributed by atoms with Gasteiger partial charge in [0.15, 0.2) is 11.6 Å². The number of hydrogen-bond acceptors (Lipinski definition) is 4. The number of anilines is 1. The van der Waals surface area contributed by atoms with E-state index >= 15 is 0 Å². The lowest BCUT2D eigenvalue weighted by atomic mass is 10.1. The van der Waals surface area contributed by atoms with Crippen LogP contribution in [0.3, 0.4) is 0 Å². The van der Waals surface area contributed by atoms with Gasteiger partial charge in [0.2, 0.25) is 0 Å². The van der Waals surface area contributed by atoms with Crippen LogP contribution in [0, 0.1) is 11.6 Å². The van der Waals surface area contributed by atoms with Crippen molar-refractivity contribution in [2.75, 3.05) is 32.6 Å². The standard InChI is InChI=1S/C13H16F2N2O2/c1-17-6-5-8(7-17)16-10-4-3-9(13(18)19-2)11(14)12(10)15/h3-4,8,16H,5-7H2,1-2H3. The van der Waals surface area contributed by atoms with Gasteiger partial charge in [0, 0.05) is 12.6 Å². The second-order valence-corrected chi connectivity index (χ2v) is 4.67. The van der Waals surface area contributed by atoms with Crippen molar-refractivity contribution in [2.24, 2.45) is 0 Å². The lowest BCUT2D eigenvalue weighted by molar-refractivity contribution is 0.0594. The second-order valence-electron chi connectivity index (χ2n) is 4.67. The van der Waals surface area contributed by atoms with E-state index in [4.69, 9.17) is 0 Å². The molecular formula is C13H16F2N2O2. The Labute approximate surface area is 110 Å². The molecule has 0 saturated carbocycles. The number of rotatable bonds is 3. The molecule has 104 valence electrons. The van der Waals surface area contributed by atoms with Crippen molar-refractivity contribution < 1.29 is 18.3 Å². The average molecular weight is 270 g/mol. The molecule has 1 aliphatic rings. The third kappa shape index (κ3) is 2.84. The molecule has 0 aliphatic carbocycles. The molecule has 0 aromatic heterocycles. The van der Waals surface area contributed by atoms with Gasteiger partial charge in [-0.3, -0.25) is 0 Å². The molecule has 1 aromatic rings. The van der Waals surface area contributed by atoms with Crippen molar-refractivity contribution in [1.82, 2.24) is 4.90 Å². The van der Waals surface area contributed by atoms with E-state index < -0.39 is 23.2 Å². The van der Waals surface area contributed by atoms with Crippen molar-refractivity contribution in [3.05, 3.63) is 29.3 Å². The molecule has 1 heterocycles. The van der Waals surface area contributed by atoms with Crippen molar-refractivity contribution in [1.29, 1.82) is 0 Å². The van der Waals surface area contributed by atoms with Gasteiger partial charge in [0.1, 0.15) is 0 Å². The van der Waals surface area contributed by atoms with Crippen LogP contribution in [-0.2, 0) is 4.74 Å². The zero-order chi connectivity index (χ0) is 14.0. The highest BCUT2D eigenvalue weighted by molar-refractivity contribution is 5.90. The zero-order valence-corrected chi connectivity index (χ0v) is 10.9. The molecule has 0 spiro atoms. The molecular weight excluding hydrogens is 254 g/mol. The molecule has 0 radical (unpaired) electrons. The van der Waals surface area contributed by atoms with Gasteiger partial charge < -0.3 is 15.0 Å². The molecule has 1 N–H and O–H groups in total. The van der Waals surface area contributed by atoms with E-state index in [1.807, 2.05) is 7.05 Å². The highest BCUT2D eigenvalue weighted by atomic mass is 19.2. The Hall–Kier alpha value is -1.69. The number of nitrogens with one attached hydrogen (secondary N) is 1. The molecule has 19 heavy (non-hydrogen) atoms. The summed E-state index contributed by atoms with van der Waals surface area (Å²) in [6.45, 7) is 1.70. The Morgan fingerprint density at radius 2 is 2.16 bits per heavy atom. The minimum Gasteiger partial charge on any atom is -0.465 e. The van der Waals surface area contributed by atoms with Crippen LogP contribution >= 0.6 is 0 Å². The first kappa shape index (κ1) is 13.7. The van der Waals surface area contributed by atoms with E-state index in [2.05, 4.69) is 15.0 Å². The summed E-state index contributed by atoms with van der Waals surface area (Å²) in [6.07, 6.45) is 0.871. The van der Waals surface area contributed by atoms with Crippen molar-refractivity contribution in [2.45, 2.75) is 12.5 Å². The van der Waals surface area contributed by atoms with Gasteiger partial charge in [-0.25, -0.2) is 13.6 Å². The van der Waals surface area contributed by atoms with Crippen LogP contribution in [0.1, 0.15) is 16.8 Å². The third-order valence-corrected chi connectivity index (χ3v) is 3.24. The molecule has 0 amide bonds. The molecule has 6 heteroatoms. The summed E-state index contributed by atoms with van der Waals surface area (Å²) in [6, 6.07) is 2.68. The normalized spacial score (nSPS) is 19.5. The first-order chi connectivity index (χ1) is 9.02. The number of methoxy groups -OCH3 is 1. The molecule has 1 fully saturated rings. The molecule has 1 aromatic carbocycles. The summed E-state index contributed by atoms with van der Waals surface area (Å²) in [5.74, 6) is -3.11. The van der Waals surface area contributed by atoms with Crippen molar-refractivity contribution in [3.8, 4) is 0 Å². The summed E-state index contributed by atoms with van der Waals surface area (Å²) in [4.78, 5) is 13.3. The van der Waals surface area contributed by atoms with Crippen LogP contribution in [0.2, 0.25) is 0 Å². The number of nitrogens with zero attached hydrogens (tertiary/aromatic N) is 1. The van der Waals surface area contributed by atoms with E-state index in [-0.39, 0.29) is 11.7 Å².